The lowest BCUT2D eigenvalue weighted by atomic mass is 9.98. The van der Waals surface area contributed by atoms with E-state index < -0.39 is 5.03 Å². The monoisotopic (exact) mass is 290 g/mol. The van der Waals surface area contributed by atoms with Crippen molar-refractivity contribution in [1.82, 2.24) is 10.2 Å². The lowest BCUT2D eigenvalue weighted by Gasteiger charge is -2.22. The molecule has 0 amide bonds. The van der Waals surface area contributed by atoms with Crippen molar-refractivity contribution in [2.75, 3.05) is 46.2 Å². The lowest BCUT2D eigenvalue weighted by Crippen LogP contribution is -2.35. The van der Waals surface area contributed by atoms with Crippen LogP contribution in [-0.2, 0) is 4.74 Å². The molecule has 1 saturated heterocycles. The summed E-state index contributed by atoms with van der Waals surface area (Å²) in [5.74, 6) is 1.19. The Morgan fingerprint density at radius 3 is 2.89 bits per heavy atom. The van der Waals surface area contributed by atoms with Crippen LogP contribution >= 0.6 is 11.8 Å². The van der Waals surface area contributed by atoms with E-state index in [9.17, 15) is 10.1 Å². The number of ether oxygens (including phenoxy) is 1. The zero-order valence-electron chi connectivity index (χ0n) is 11.7. The van der Waals surface area contributed by atoms with Gasteiger partial charge < -0.3 is 15.0 Å². The molecule has 0 aromatic carbocycles. The number of hydrogen-bond donors (Lipinski definition) is 1. The number of nitro groups is 1. The fourth-order valence-corrected chi connectivity index (χ4v) is 2.40. The quantitative estimate of drug-likeness (QED) is 0.336. The highest BCUT2D eigenvalue weighted by Crippen LogP contribution is 2.20. The molecule has 0 spiro atoms. The van der Waals surface area contributed by atoms with Crippen molar-refractivity contribution in [2.24, 2.45) is 16.9 Å². The fraction of sp³-hybridized carbons (Fsp3) is 0.909. The second-order valence-corrected chi connectivity index (χ2v) is 5.61. The zero-order valence-corrected chi connectivity index (χ0v) is 12.5. The van der Waals surface area contributed by atoms with Crippen LogP contribution in [0.2, 0.25) is 0 Å². The van der Waals surface area contributed by atoms with Crippen molar-refractivity contribution in [3.05, 3.63) is 10.1 Å². The van der Waals surface area contributed by atoms with Crippen LogP contribution in [0.5, 0.6) is 0 Å². The highest BCUT2D eigenvalue weighted by atomic mass is 32.2. The molecule has 0 saturated carbocycles. The number of nitrogens with zero attached hydrogens (tertiary/aromatic N) is 3. The molecule has 1 N–H and O–H groups in total. The molecule has 19 heavy (non-hydrogen) atoms. The Labute approximate surface area is 117 Å². The van der Waals surface area contributed by atoms with Crippen LogP contribution in [0, 0.1) is 22.0 Å². The second kappa shape index (κ2) is 8.34. The van der Waals surface area contributed by atoms with Crippen LogP contribution in [-0.4, -0.2) is 61.3 Å². The summed E-state index contributed by atoms with van der Waals surface area (Å²) in [6, 6.07) is 0. The van der Waals surface area contributed by atoms with Gasteiger partial charge in [-0.1, -0.05) is 18.7 Å². The van der Waals surface area contributed by atoms with E-state index in [-0.39, 0.29) is 0 Å². The predicted molar refractivity (Wildman–Crippen MR) is 76.9 cm³/mol. The molecule has 1 aliphatic heterocycles. The van der Waals surface area contributed by atoms with Crippen molar-refractivity contribution in [3.63, 3.8) is 0 Å². The molecule has 2 atom stereocenters. The van der Waals surface area contributed by atoms with Gasteiger partial charge in [0.1, 0.15) is 0 Å². The van der Waals surface area contributed by atoms with Crippen molar-refractivity contribution < 1.29 is 9.77 Å². The first-order valence-electron chi connectivity index (χ1n) is 6.30. The number of hydrazone groups is 1. The Balaban J connectivity index is 2.22. The Hall–Kier alpha value is -0.860. The van der Waals surface area contributed by atoms with Crippen LogP contribution in [0.15, 0.2) is 5.10 Å². The Kier molecular flexibility index (Phi) is 7.11. The summed E-state index contributed by atoms with van der Waals surface area (Å²) in [7, 11) is 2.05. The van der Waals surface area contributed by atoms with Crippen LogP contribution in [0.25, 0.3) is 0 Å². The van der Waals surface area contributed by atoms with Crippen molar-refractivity contribution >= 4 is 16.9 Å². The first kappa shape index (κ1) is 16.2. The first-order valence-corrected chi connectivity index (χ1v) is 7.52. The third kappa shape index (κ3) is 6.22. The molecule has 1 fully saturated rings. The van der Waals surface area contributed by atoms with E-state index in [0.29, 0.717) is 23.5 Å². The standard InChI is InChI=1S/C11H22N4O3S/c1-9-7-18-8-10(9)6-14(2)5-4-12-11(19-3)13-15(16)17/h9-10H,4-8H2,1-3H3,(H,12,13). The summed E-state index contributed by atoms with van der Waals surface area (Å²) < 4.78 is 5.43. The van der Waals surface area contributed by atoms with Gasteiger partial charge in [0.2, 0.25) is 5.17 Å². The molecule has 1 rings (SSSR count). The average Bonchev–Trinajstić information content (AvgIpc) is 2.73. The zero-order chi connectivity index (χ0) is 14.3. The molecule has 7 nitrogen and oxygen atoms in total. The molecule has 0 aromatic heterocycles. The van der Waals surface area contributed by atoms with E-state index >= 15 is 0 Å². The third-order valence-corrected chi connectivity index (χ3v) is 3.81. The molecule has 0 aliphatic carbocycles. The second-order valence-electron chi connectivity index (χ2n) is 4.81. The molecule has 2 unspecified atom stereocenters. The summed E-state index contributed by atoms with van der Waals surface area (Å²) >= 11 is 1.24. The number of amidine groups is 1. The topological polar surface area (TPSA) is 80.0 Å². The summed E-state index contributed by atoms with van der Waals surface area (Å²) in [5, 5.41) is 16.2. The summed E-state index contributed by atoms with van der Waals surface area (Å²) in [6.45, 7) is 6.34. The number of hydrogen-bond acceptors (Lipinski definition) is 5. The van der Waals surface area contributed by atoms with Gasteiger partial charge >= 0.3 is 0 Å². The average molecular weight is 290 g/mol. The summed E-state index contributed by atoms with van der Waals surface area (Å²) in [4.78, 5) is 12.5. The summed E-state index contributed by atoms with van der Waals surface area (Å²) in [5.41, 5.74) is 0. The Bertz CT molecular complexity index is 327. The fourth-order valence-electron chi connectivity index (χ4n) is 2.01. The number of thioether (sulfide) groups is 1. The van der Waals surface area contributed by atoms with Gasteiger partial charge in [-0.05, 0) is 25.1 Å². The lowest BCUT2D eigenvalue weighted by molar-refractivity contribution is -0.484. The van der Waals surface area contributed by atoms with Gasteiger partial charge in [0.25, 0.3) is 0 Å². The molecule has 1 aliphatic rings. The highest BCUT2D eigenvalue weighted by molar-refractivity contribution is 8.13. The van der Waals surface area contributed by atoms with Crippen LogP contribution < -0.4 is 5.32 Å². The van der Waals surface area contributed by atoms with E-state index in [2.05, 4.69) is 29.3 Å². The predicted octanol–water partition coefficient (Wildman–Crippen LogP) is 0.701. The maximum atomic E-state index is 10.3. The largest absolute Gasteiger partial charge is 0.381 e. The van der Waals surface area contributed by atoms with Gasteiger partial charge in [-0.2, -0.15) is 0 Å². The Morgan fingerprint density at radius 1 is 1.63 bits per heavy atom. The third-order valence-electron chi connectivity index (χ3n) is 3.20. The van der Waals surface area contributed by atoms with Crippen LogP contribution in [0.3, 0.4) is 0 Å². The number of nitrogens with one attached hydrogen (secondary N) is 1. The van der Waals surface area contributed by atoms with E-state index in [0.717, 1.165) is 26.3 Å². The van der Waals surface area contributed by atoms with Crippen LogP contribution in [0.4, 0.5) is 0 Å². The maximum Gasteiger partial charge on any atom is 0.234 e. The van der Waals surface area contributed by atoms with Gasteiger partial charge in [0.15, 0.2) is 5.03 Å². The molecule has 0 aromatic rings. The van der Waals surface area contributed by atoms with Crippen LogP contribution in [0.1, 0.15) is 6.92 Å². The minimum atomic E-state index is -0.680. The first-order chi connectivity index (χ1) is 9.02. The Morgan fingerprint density at radius 2 is 2.37 bits per heavy atom. The van der Waals surface area contributed by atoms with Gasteiger partial charge in [-0.25, -0.2) is 10.1 Å². The smallest absolute Gasteiger partial charge is 0.234 e. The molecular weight excluding hydrogens is 268 g/mol. The highest BCUT2D eigenvalue weighted by Gasteiger charge is 2.25. The number of rotatable bonds is 6. The normalized spacial score (nSPS) is 23.9. The number of likely N-dealkylation sites (N-methyl/N-ethyl adjacent to an activating group) is 1. The van der Waals surface area contributed by atoms with E-state index in [1.807, 2.05) is 0 Å². The van der Waals surface area contributed by atoms with E-state index in [1.165, 1.54) is 11.8 Å². The minimum Gasteiger partial charge on any atom is -0.381 e. The van der Waals surface area contributed by atoms with Crippen molar-refractivity contribution in [2.45, 2.75) is 6.92 Å². The molecular formula is C11H22N4O3S. The van der Waals surface area contributed by atoms with Gasteiger partial charge in [-0.3, -0.25) is 0 Å². The molecule has 110 valence electrons. The SMILES string of the molecule is CSC(=N[N+](=O)[O-])NCCN(C)CC1COCC1C. The van der Waals surface area contributed by atoms with Crippen molar-refractivity contribution in [1.29, 1.82) is 0 Å². The minimum absolute atomic E-state index is 0.343. The maximum absolute atomic E-state index is 10.3. The van der Waals surface area contributed by atoms with Crippen molar-refractivity contribution in [3.8, 4) is 0 Å². The summed E-state index contributed by atoms with van der Waals surface area (Å²) in [6.07, 6.45) is 1.76. The van der Waals surface area contributed by atoms with Gasteiger partial charge in [0, 0.05) is 26.2 Å². The molecule has 0 radical (unpaired) electrons. The van der Waals surface area contributed by atoms with E-state index in [4.69, 9.17) is 4.74 Å². The van der Waals surface area contributed by atoms with E-state index in [1.54, 1.807) is 6.26 Å². The molecule has 0 bridgehead atoms. The molecule has 1 heterocycles. The molecule has 8 heteroatoms. The van der Waals surface area contributed by atoms with Gasteiger partial charge in [0.05, 0.1) is 11.7 Å². The van der Waals surface area contributed by atoms with Gasteiger partial charge in [-0.15, -0.1) is 0 Å².